The van der Waals surface area contributed by atoms with Gasteiger partial charge in [0.05, 0.1) is 17.7 Å². The van der Waals surface area contributed by atoms with Crippen molar-refractivity contribution in [2.75, 3.05) is 6.54 Å². The van der Waals surface area contributed by atoms with E-state index in [4.69, 9.17) is 33.2 Å². The van der Waals surface area contributed by atoms with E-state index in [2.05, 4.69) is 15.6 Å². The maximum Gasteiger partial charge on any atom is 0.414 e. The number of rotatable bonds is 15. The van der Waals surface area contributed by atoms with E-state index in [-0.39, 0.29) is 48.5 Å². The Morgan fingerprint density at radius 1 is 0.576 bits per heavy atom. The van der Waals surface area contributed by atoms with E-state index >= 15 is 0 Å². The van der Waals surface area contributed by atoms with E-state index < -0.39 is 76.7 Å². The van der Waals surface area contributed by atoms with Crippen molar-refractivity contribution < 1.29 is 66.7 Å². The predicted octanol–water partition coefficient (Wildman–Crippen LogP) is 9.23. The van der Waals surface area contributed by atoms with Crippen LogP contribution in [-0.4, -0.2) is 93.6 Å². The number of nitrogens with zero attached hydrogens (tertiary/aromatic N) is 2. The predicted molar refractivity (Wildman–Crippen MR) is 245 cm³/mol. The van der Waals surface area contributed by atoms with Gasteiger partial charge in [0.1, 0.15) is 46.4 Å². The third kappa shape index (κ3) is 24.2. The molecule has 2 aromatic rings. The number of hydrogen-bond donors (Lipinski definition) is 2. The maximum absolute atomic E-state index is 13.8. The lowest BCUT2D eigenvalue weighted by molar-refractivity contribution is -0.168. The molecule has 0 saturated heterocycles. The Balaban J connectivity index is 2.22. The highest BCUT2D eigenvalue weighted by Crippen LogP contribution is 2.22. The van der Waals surface area contributed by atoms with Crippen LogP contribution in [-0.2, 0) is 49.4 Å². The van der Waals surface area contributed by atoms with Gasteiger partial charge in [-0.3, -0.25) is 25.1 Å². The molecule has 1 atom stereocenters. The summed E-state index contributed by atoms with van der Waals surface area (Å²) in [6.07, 6.45) is -1.64. The summed E-state index contributed by atoms with van der Waals surface area (Å²) in [6.45, 7) is 25.2. The molecule has 0 aromatic heterocycles. The summed E-state index contributed by atoms with van der Waals surface area (Å²) in [5, 5.41) is 4.78. The van der Waals surface area contributed by atoms with Gasteiger partial charge in [0.15, 0.2) is 0 Å². The minimum absolute atomic E-state index is 0.00478. The van der Waals surface area contributed by atoms with Crippen molar-refractivity contribution in [2.24, 2.45) is 4.99 Å². The van der Waals surface area contributed by atoms with Crippen LogP contribution in [0.5, 0.6) is 5.75 Å². The number of ether oxygens (including phenoxy) is 7. The van der Waals surface area contributed by atoms with Crippen molar-refractivity contribution in [2.45, 2.75) is 177 Å². The molecule has 0 fully saturated rings. The van der Waals surface area contributed by atoms with Crippen LogP contribution in [0.15, 0.2) is 53.5 Å². The maximum atomic E-state index is 13.8. The van der Waals surface area contributed by atoms with Crippen molar-refractivity contribution in [3.05, 3.63) is 59.7 Å². The van der Waals surface area contributed by atoms with Crippen LogP contribution in [0.3, 0.4) is 0 Å². The smallest absolute Gasteiger partial charge is 0.414 e. The fraction of sp³-hybridized carbons (Fsp3) is 0.583. The fourth-order valence-corrected chi connectivity index (χ4v) is 5.46. The van der Waals surface area contributed by atoms with Crippen LogP contribution in [0.4, 0.5) is 20.1 Å². The van der Waals surface area contributed by atoms with E-state index in [0.29, 0.717) is 24.8 Å². The van der Waals surface area contributed by atoms with Crippen LogP contribution in [0.2, 0.25) is 0 Å². The second-order valence-corrected chi connectivity index (χ2v) is 20.3. The summed E-state index contributed by atoms with van der Waals surface area (Å²) in [5.74, 6) is -2.69. The summed E-state index contributed by atoms with van der Waals surface area (Å²) >= 11 is 0. The van der Waals surface area contributed by atoms with Gasteiger partial charge in [-0.1, -0.05) is 18.6 Å². The third-order valence-corrected chi connectivity index (χ3v) is 7.85. The molecule has 66 heavy (non-hydrogen) atoms. The Hall–Kier alpha value is -6.20. The standard InChI is InChI=1S/C48H70N4O14/c1-44(2,3)62-36(53)19-17-16-18-28-52(35(39(56)64-46(7,8)9)29-37(54)63-45(4,5)6)43(59)60-30-31-20-26-34(27-21-31)61-38(55)32-22-24-33(25-23-32)49-40(50-41(57)65-47(10,11)12)51-42(58)66-48(13,14)15/h20-27,35H,16-19,28-30H2,1-15H3,(H2,49,50,51,57,58). The second-order valence-electron chi connectivity index (χ2n) is 20.3. The van der Waals surface area contributed by atoms with Crippen molar-refractivity contribution in [1.82, 2.24) is 15.5 Å². The third-order valence-electron chi connectivity index (χ3n) is 7.85. The summed E-state index contributed by atoms with van der Waals surface area (Å²) < 4.78 is 38.3. The second kappa shape index (κ2) is 23.8. The number of nitrogens with one attached hydrogen (secondary N) is 2. The van der Waals surface area contributed by atoms with Crippen LogP contribution in [0.25, 0.3) is 0 Å². The number of benzene rings is 2. The lowest BCUT2D eigenvalue weighted by Crippen LogP contribution is -2.49. The number of hydrogen-bond acceptors (Lipinski definition) is 15. The Labute approximate surface area is 388 Å². The lowest BCUT2D eigenvalue weighted by Gasteiger charge is -2.32. The van der Waals surface area contributed by atoms with Gasteiger partial charge in [-0.15, -0.1) is 0 Å². The van der Waals surface area contributed by atoms with Crippen molar-refractivity contribution in [1.29, 1.82) is 0 Å². The number of aliphatic imine (C=N–C) groups is 1. The molecule has 2 aromatic carbocycles. The highest BCUT2D eigenvalue weighted by Gasteiger charge is 2.37. The number of esters is 4. The molecule has 0 spiro atoms. The molecule has 0 aliphatic rings. The number of amides is 3. The van der Waals surface area contributed by atoms with Crippen LogP contribution in [0.1, 0.15) is 152 Å². The van der Waals surface area contributed by atoms with Gasteiger partial charge < -0.3 is 33.2 Å². The summed E-state index contributed by atoms with van der Waals surface area (Å²) in [7, 11) is 0. The van der Waals surface area contributed by atoms with Crippen molar-refractivity contribution >= 4 is 53.8 Å². The summed E-state index contributed by atoms with van der Waals surface area (Å²) in [4.78, 5) is 96.2. The number of carbonyl (C=O) groups excluding carboxylic acids is 7. The van der Waals surface area contributed by atoms with Gasteiger partial charge in [0.2, 0.25) is 5.96 Å². The summed E-state index contributed by atoms with van der Waals surface area (Å²) in [6, 6.07) is 10.6. The van der Waals surface area contributed by atoms with Crippen molar-refractivity contribution in [3.8, 4) is 5.75 Å². The van der Waals surface area contributed by atoms with Gasteiger partial charge in [0, 0.05) is 13.0 Å². The Morgan fingerprint density at radius 2 is 1.06 bits per heavy atom. The molecule has 0 bridgehead atoms. The molecular formula is C48H70N4O14. The molecule has 0 heterocycles. The monoisotopic (exact) mass is 926 g/mol. The van der Waals surface area contributed by atoms with E-state index in [1.807, 2.05) is 0 Å². The topological polar surface area (TPSA) is 224 Å². The Kier molecular flexibility index (Phi) is 20.2. The Morgan fingerprint density at radius 3 is 1.55 bits per heavy atom. The normalized spacial score (nSPS) is 12.3. The van der Waals surface area contributed by atoms with Crippen molar-refractivity contribution in [3.63, 3.8) is 0 Å². The van der Waals surface area contributed by atoms with Gasteiger partial charge in [0.25, 0.3) is 0 Å². The number of carbonyl (C=O) groups is 7. The number of unbranched alkanes of at least 4 members (excludes halogenated alkanes) is 2. The first-order valence-electron chi connectivity index (χ1n) is 21.8. The van der Waals surface area contributed by atoms with Crippen LogP contribution >= 0.6 is 0 Å². The van der Waals surface area contributed by atoms with Crippen LogP contribution in [0, 0.1) is 0 Å². The van der Waals surface area contributed by atoms with Gasteiger partial charge >= 0.3 is 42.2 Å². The molecule has 0 aliphatic carbocycles. The first-order valence-corrected chi connectivity index (χ1v) is 21.8. The molecule has 0 saturated carbocycles. The number of guanidine groups is 1. The minimum atomic E-state index is -1.38. The zero-order chi connectivity index (χ0) is 50.3. The molecule has 18 heteroatoms. The molecule has 18 nitrogen and oxygen atoms in total. The summed E-state index contributed by atoms with van der Waals surface area (Å²) in [5.41, 5.74) is -3.16. The SMILES string of the molecule is CC(C)(C)OC(=O)CCCCCN(C(=O)OCc1ccc(OC(=O)c2ccc(N=C(NC(=O)OC(C)(C)C)NC(=O)OC(C)(C)C)cc2)cc1)C(CC(=O)OC(C)(C)C)C(=O)OC(C)(C)C. The minimum Gasteiger partial charge on any atom is -0.460 e. The van der Waals surface area contributed by atoms with E-state index in [1.54, 1.807) is 116 Å². The average molecular weight is 927 g/mol. The fourth-order valence-electron chi connectivity index (χ4n) is 5.46. The highest BCUT2D eigenvalue weighted by molar-refractivity contribution is 6.02. The molecule has 0 aliphatic heterocycles. The first kappa shape index (κ1) is 55.9. The highest BCUT2D eigenvalue weighted by atomic mass is 16.6. The zero-order valence-corrected chi connectivity index (χ0v) is 41.3. The van der Waals surface area contributed by atoms with Crippen LogP contribution < -0.4 is 15.4 Å². The zero-order valence-electron chi connectivity index (χ0n) is 41.3. The molecule has 366 valence electrons. The molecule has 2 N–H and O–H groups in total. The van der Waals surface area contributed by atoms with Gasteiger partial charge in [-0.2, -0.15) is 0 Å². The number of alkyl carbamates (subject to hydrolysis) is 2. The molecule has 1 unspecified atom stereocenters. The van der Waals surface area contributed by atoms with E-state index in [0.717, 1.165) is 4.90 Å². The largest absolute Gasteiger partial charge is 0.460 e. The van der Waals surface area contributed by atoms with Gasteiger partial charge in [-0.05, 0) is 159 Å². The quantitative estimate of drug-likeness (QED) is 0.0424. The van der Waals surface area contributed by atoms with Gasteiger partial charge in [-0.25, -0.2) is 29.0 Å². The molecule has 3 amide bonds. The Bertz CT molecular complexity index is 1980. The van der Waals surface area contributed by atoms with E-state index in [1.165, 1.54) is 36.4 Å². The lowest BCUT2D eigenvalue weighted by atomic mass is 10.1. The first-order chi connectivity index (χ1) is 30.2. The molecule has 0 radical (unpaired) electrons. The van der Waals surface area contributed by atoms with E-state index in [9.17, 15) is 33.6 Å². The molecule has 2 rings (SSSR count). The molecular weight excluding hydrogens is 857 g/mol. The average Bonchev–Trinajstić information content (AvgIpc) is 3.11.